The molecule has 126 valence electrons. The average Bonchev–Trinajstić information content (AvgIpc) is 3.15. The predicted octanol–water partition coefficient (Wildman–Crippen LogP) is 5.79. The van der Waals surface area contributed by atoms with E-state index in [2.05, 4.69) is 14.9 Å². The Balaban J connectivity index is 1.55. The van der Waals surface area contributed by atoms with Gasteiger partial charge in [0.2, 0.25) is 0 Å². The fourth-order valence-electron chi connectivity index (χ4n) is 3.46. The van der Waals surface area contributed by atoms with Crippen LogP contribution in [-0.4, -0.2) is 16.5 Å². The molecule has 0 atom stereocenters. The number of hydrogen-bond acceptors (Lipinski definition) is 3. The summed E-state index contributed by atoms with van der Waals surface area (Å²) < 4.78 is 14.3. The predicted molar refractivity (Wildman–Crippen MR) is 103 cm³/mol. The molecule has 7 heteroatoms. The highest BCUT2D eigenvalue weighted by atomic mass is 35.5. The van der Waals surface area contributed by atoms with Gasteiger partial charge in [-0.2, -0.15) is 0 Å². The summed E-state index contributed by atoms with van der Waals surface area (Å²) in [5.74, 6) is -0.332. The number of halogens is 3. The number of fused-ring (bicyclic) bond motifs is 4. The van der Waals surface area contributed by atoms with Crippen LogP contribution in [0.3, 0.4) is 0 Å². The SMILES string of the molecule is Fc1cc(Cl)c2nc(N3CCc4c([nH]c5ccc(Cl)cc45)C3)sc2c1. The topological polar surface area (TPSA) is 31.9 Å². The van der Waals surface area contributed by atoms with E-state index in [1.165, 1.54) is 40.1 Å². The third kappa shape index (κ3) is 2.49. The molecule has 0 aliphatic carbocycles. The van der Waals surface area contributed by atoms with Crippen LogP contribution in [0.4, 0.5) is 9.52 Å². The van der Waals surface area contributed by atoms with Gasteiger partial charge in [-0.1, -0.05) is 34.5 Å². The number of anilines is 1. The second-order valence-electron chi connectivity index (χ2n) is 6.17. The molecule has 25 heavy (non-hydrogen) atoms. The van der Waals surface area contributed by atoms with E-state index in [9.17, 15) is 4.39 Å². The summed E-state index contributed by atoms with van der Waals surface area (Å²) in [6.07, 6.45) is 0.910. The smallest absolute Gasteiger partial charge is 0.186 e. The van der Waals surface area contributed by atoms with Crippen LogP contribution in [0.2, 0.25) is 10.0 Å². The van der Waals surface area contributed by atoms with E-state index in [-0.39, 0.29) is 5.82 Å². The number of nitrogens with zero attached hydrogens (tertiary/aromatic N) is 2. The van der Waals surface area contributed by atoms with Crippen molar-refractivity contribution in [3.63, 3.8) is 0 Å². The zero-order valence-electron chi connectivity index (χ0n) is 12.9. The van der Waals surface area contributed by atoms with Crippen LogP contribution in [0.1, 0.15) is 11.3 Å². The lowest BCUT2D eigenvalue weighted by atomic mass is 10.0. The summed E-state index contributed by atoms with van der Waals surface area (Å²) >= 11 is 13.7. The van der Waals surface area contributed by atoms with Gasteiger partial charge < -0.3 is 9.88 Å². The first kappa shape index (κ1) is 15.4. The fraction of sp³-hybridized carbons (Fsp3) is 0.167. The summed E-state index contributed by atoms with van der Waals surface area (Å²) in [6, 6.07) is 8.72. The van der Waals surface area contributed by atoms with Gasteiger partial charge in [0.25, 0.3) is 0 Å². The van der Waals surface area contributed by atoms with E-state index in [1.54, 1.807) is 0 Å². The lowest BCUT2D eigenvalue weighted by molar-refractivity contribution is 0.630. The quantitative estimate of drug-likeness (QED) is 0.445. The average molecular weight is 392 g/mol. The van der Waals surface area contributed by atoms with Crippen LogP contribution >= 0.6 is 34.5 Å². The van der Waals surface area contributed by atoms with Gasteiger partial charge in [0, 0.05) is 28.2 Å². The van der Waals surface area contributed by atoms with Gasteiger partial charge >= 0.3 is 0 Å². The molecule has 1 aliphatic heterocycles. The minimum atomic E-state index is -0.332. The van der Waals surface area contributed by atoms with E-state index in [0.717, 1.165) is 39.9 Å². The molecule has 0 spiro atoms. The van der Waals surface area contributed by atoms with Crippen molar-refractivity contribution in [3.8, 4) is 0 Å². The Morgan fingerprint density at radius 1 is 1.20 bits per heavy atom. The first-order valence-corrected chi connectivity index (χ1v) is 9.45. The van der Waals surface area contributed by atoms with E-state index < -0.39 is 0 Å². The van der Waals surface area contributed by atoms with Gasteiger partial charge in [0.05, 0.1) is 16.3 Å². The van der Waals surface area contributed by atoms with E-state index >= 15 is 0 Å². The van der Waals surface area contributed by atoms with Gasteiger partial charge in [-0.15, -0.1) is 0 Å². The summed E-state index contributed by atoms with van der Waals surface area (Å²) in [5.41, 5.74) is 4.27. The molecule has 0 unspecified atom stereocenters. The molecule has 2 aromatic heterocycles. The molecular formula is C18H12Cl2FN3S. The number of thiazole rings is 1. The Bertz CT molecular complexity index is 1130. The van der Waals surface area contributed by atoms with Crippen molar-refractivity contribution in [1.29, 1.82) is 0 Å². The molecule has 3 heterocycles. The zero-order valence-corrected chi connectivity index (χ0v) is 15.3. The third-order valence-corrected chi connectivity index (χ3v) is 6.20. The van der Waals surface area contributed by atoms with Crippen LogP contribution in [-0.2, 0) is 13.0 Å². The number of hydrogen-bond donors (Lipinski definition) is 1. The Hall–Kier alpha value is -1.82. The van der Waals surface area contributed by atoms with E-state index in [4.69, 9.17) is 23.2 Å². The lowest BCUT2D eigenvalue weighted by Crippen LogP contribution is -2.29. The molecule has 2 aromatic carbocycles. The maximum absolute atomic E-state index is 13.6. The van der Waals surface area contributed by atoms with Crippen molar-refractivity contribution in [1.82, 2.24) is 9.97 Å². The van der Waals surface area contributed by atoms with Crippen molar-refractivity contribution >= 4 is 60.8 Å². The molecule has 0 radical (unpaired) electrons. The Labute approximate surface area is 157 Å². The van der Waals surface area contributed by atoms with Gasteiger partial charge in [0.15, 0.2) is 5.13 Å². The minimum absolute atomic E-state index is 0.332. The summed E-state index contributed by atoms with van der Waals surface area (Å²) in [6.45, 7) is 1.59. The molecule has 0 fully saturated rings. The summed E-state index contributed by atoms with van der Waals surface area (Å²) in [7, 11) is 0. The second kappa shape index (κ2) is 5.59. The first-order valence-electron chi connectivity index (χ1n) is 7.88. The molecule has 3 nitrogen and oxygen atoms in total. The van der Waals surface area contributed by atoms with Crippen molar-refractivity contribution in [2.45, 2.75) is 13.0 Å². The number of rotatable bonds is 1. The number of H-pyrrole nitrogens is 1. The van der Waals surface area contributed by atoms with Crippen molar-refractivity contribution in [2.24, 2.45) is 0 Å². The lowest BCUT2D eigenvalue weighted by Gasteiger charge is -2.26. The maximum Gasteiger partial charge on any atom is 0.186 e. The zero-order chi connectivity index (χ0) is 17.1. The third-order valence-electron chi connectivity index (χ3n) is 4.61. The normalized spacial score (nSPS) is 14.4. The summed E-state index contributed by atoms with van der Waals surface area (Å²) in [5, 5.41) is 3.16. The Kier molecular flexibility index (Phi) is 3.45. The fourth-order valence-corrected chi connectivity index (χ4v) is 4.98. The van der Waals surface area contributed by atoms with Gasteiger partial charge in [0.1, 0.15) is 11.3 Å². The minimum Gasteiger partial charge on any atom is -0.357 e. The molecule has 0 saturated carbocycles. The van der Waals surface area contributed by atoms with Gasteiger partial charge in [-0.05, 0) is 42.3 Å². The molecule has 0 amide bonds. The number of aromatic amines is 1. The highest BCUT2D eigenvalue weighted by Gasteiger charge is 2.23. The van der Waals surface area contributed by atoms with Crippen molar-refractivity contribution < 1.29 is 4.39 Å². The molecule has 1 N–H and O–H groups in total. The van der Waals surface area contributed by atoms with Crippen molar-refractivity contribution in [3.05, 3.63) is 57.5 Å². The first-order chi connectivity index (χ1) is 12.1. The van der Waals surface area contributed by atoms with E-state index in [0.29, 0.717) is 10.5 Å². The van der Waals surface area contributed by atoms with E-state index in [1.807, 2.05) is 18.2 Å². The standard InChI is InChI=1S/C18H12Cl2FN3S/c19-9-1-2-14-12(5-9)11-3-4-24(8-15(11)22-14)18-23-17-13(20)6-10(21)7-16(17)25-18/h1-2,5-7,22H,3-4,8H2. The van der Waals surface area contributed by atoms with Crippen LogP contribution in [0.15, 0.2) is 30.3 Å². The van der Waals surface area contributed by atoms with Crippen LogP contribution in [0, 0.1) is 5.82 Å². The maximum atomic E-state index is 13.6. The van der Waals surface area contributed by atoms with Gasteiger partial charge in [-0.25, -0.2) is 9.37 Å². The molecule has 4 aromatic rings. The molecule has 1 aliphatic rings. The molecule has 0 saturated heterocycles. The monoisotopic (exact) mass is 391 g/mol. The Morgan fingerprint density at radius 2 is 2.08 bits per heavy atom. The highest BCUT2D eigenvalue weighted by Crippen LogP contribution is 2.37. The Morgan fingerprint density at radius 3 is 2.96 bits per heavy atom. The van der Waals surface area contributed by atoms with Gasteiger partial charge in [-0.3, -0.25) is 0 Å². The molecule has 0 bridgehead atoms. The molecular weight excluding hydrogens is 380 g/mol. The second-order valence-corrected chi connectivity index (χ2v) is 8.03. The summed E-state index contributed by atoms with van der Waals surface area (Å²) in [4.78, 5) is 10.3. The number of aromatic nitrogens is 2. The number of nitrogens with one attached hydrogen (secondary N) is 1. The van der Waals surface area contributed by atoms with Crippen LogP contribution < -0.4 is 4.90 Å². The van der Waals surface area contributed by atoms with Crippen molar-refractivity contribution in [2.75, 3.05) is 11.4 Å². The largest absolute Gasteiger partial charge is 0.357 e. The van der Waals surface area contributed by atoms with Crippen LogP contribution in [0.25, 0.3) is 21.1 Å². The molecule has 5 rings (SSSR count). The number of benzene rings is 2. The van der Waals surface area contributed by atoms with Crippen LogP contribution in [0.5, 0.6) is 0 Å². The highest BCUT2D eigenvalue weighted by molar-refractivity contribution is 7.22.